The molecule has 0 amide bonds. The molecule has 4 N–H and O–H groups in total. The Morgan fingerprint density at radius 2 is 1.89 bits per heavy atom. The highest BCUT2D eigenvalue weighted by atomic mass is 16.7. The van der Waals surface area contributed by atoms with Gasteiger partial charge < -0.3 is 19.6 Å². The largest absolute Gasteiger partial charge is 0.449 e. The van der Waals surface area contributed by atoms with Crippen LogP contribution in [0.5, 0.6) is 0 Å². The van der Waals surface area contributed by atoms with Crippen LogP contribution in [-0.2, 0) is 17.8 Å². The second-order valence-corrected chi connectivity index (χ2v) is 6.55. The first-order valence-corrected chi connectivity index (χ1v) is 9.10. The lowest BCUT2D eigenvalue weighted by Gasteiger charge is -2.06. The van der Waals surface area contributed by atoms with Gasteiger partial charge in [0.1, 0.15) is 5.76 Å². The van der Waals surface area contributed by atoms with Gasteiger partial charge in [0.2, 0.25) is 5.76 Å². The number of carbonyl (C=O) groups is 1. The van der Waals surface area contributed by atoms with Crippen molar-refractivity contribution < 1.29 is 14.0 Å². The van der Waals surface area contributed by atoms with E-state index >= 15 is 0 Å². The van der Waals surface area contributed by atoms with Gasteiger partial charge in [-0.2, -0.15) is 5.90 Å². The molecule has 28 heavy (non-hydrogen) atoms. The molecular formula is C22H21N3O3. The van der Waals surface area contributed by atoms with E-state index in [0.717, 1.165) is 25.1 Å². The molecule has 6 heteroatoms. The molecule has 2 aromatic carbocycles. The summed E-state index contributed by atoms with van der Waals surface area (Å²) in [6.45, 7) is 1.68. The average Bonchev–Trinajstić information content (AvgIpc) is 3.39. The van der Waals surface area contributed by atoms with E-state index in [1.807, 2.05) is 30.3 Å². The van der Waals surface area contributed by atoms with Crippen LogP contribution >= 0.6 is 0 Å². The first-order valence-electron chi connectivity index (χ1n) is 9.10. The van der Waals surface area contributed by atoms with Crippen molar-refractivity contribution in [1.29, 1.82) is 0 Å². The zero-order chi connectivity index (χ0) is 19.3. The van der Waals surface area contributed by atoms with Crippen molar-refractivity contribution >= 4 is 16.9 Å². The Morgan fingerprint density at radius 3 is 2.71 bits per heavy atom. The highest BCUT2D eigenvalue weighted by Gasteiger charge is 2.12. The fourth-order valence-electron chi connectivity index (χ4n) is 3.24. The Hall–Kier alpha value is -3.35. The maximum absolute atomic E-state index is 11.4. The second-order valence-electron chi connectivity index (χ2n) is 6.55. The van der Waals surface area contributed by atoms with Gasteiger partial charge >= 0.3 is 5.97 Å². The van der Waals surface area contributed by atoms with Gasteiger partial charge in [0.15, 0.2) is 0 Å². The normalized spacial score (nSPS) is 11.0. The van der Waals surface area contributed by atoms with Crippen LogP contribution in [0.3, 0.4) is 0 Å². The lowest BCUT2D eigenvalue weighted by molar-refractivity contribution is 0.0468. The third-order valence-corrected chi connectivity index (χ3v) is 4.73. The summed E-state index contributed by atoms with van der Waals surface area (Å²) in [5.41, 5.74) is 4.56. The topological polar surface area (TPSA) is 93.3 Å². The first-order chi connectivity index (χ1) is 13.7. The van der Waals surface area contributed by atoms with Gasteiger partial charge in [0, 0.05) is 29.2 Å². The van der Waals surface area contributed by atoms with Crippen LogP contribution in [0.4, 0.5) is 0 Å². The van der Waals surface area contributed by atoms with Gasteiger partial charge in [0.05, 0.1) is 0 Å². The number of aromatic nitrogens is 1. The summed E-state index contributed by atoms with van der Waals surface area (Å²) < 4.78 is 5.46. The predicted octanol–water partition coefficient (Wildman–Crippen LogP) is 3.79. The molecule has 0 saturated carbocycles. The number of H-pyrrole nitrogens is 1. The highest BCUT2D eigenvalue weighted by Crippen LogP contribution is 2.23. The van der Waals surface area contributed by atoms with E-state index in [0.29, 0.717) is 5.76 Å². The maximum Gasteiger partial charge on any atom is 0.392 e. The lowest BCUT2D eigenvalue weighted by atomic mass is 10.1. The van der Waals surface area contributed by atoms with E-state index in [9.17, 15) is 4.79 Å². The van der Waals surface area contributed by atoms with Crippen LogP contribution in [0.25, 0.3) is 22.2 Å². The molecular weight excluding hydrogens is 354 g/mol. The molecule has 0 atom stereocenters. The summed E-state index contributed by atoms with van der Waals surface area (Å²) in [5.74, 6) is 4.86. The van der Waals surface area contributed by atoms with Crippen molar-refractivity contribution in [3.8, 4) is 11.3 Å². The van der Waals surface area contributed by atoms with Gasteiger partial charge in [-0.1, -0.05) is 42.5 Å². The van der Waals surface area contributed by atoms with Gasteiger partial charge in [-0.3, -0.25) is 0 Å². The first kappa shape index (κ1) is 18.0. The molecule has 2 heterocycles. The van der Waals surface area contributed by atoms with Crippen LogP contribution in [0.2, 0.25) is 0 Å². The lowest BCUT2D eigenvalue weighted by Crippen LogP contribution is -2.16. The zero-order valence-corrected chi connectivity index (χ0v) is 15.3. The smallest absolute Gasteiger partial charge is 0.392 e. The van der Waals surface area contributed by atoms with Crippen LogP contribution in [0, 0.1) is 0 Å². The predicted molar refractivity (Wildman–Crippen MR) is 107 cm³/mol. The summed E-state index contributed by atoms with van der Waals surface area (Å²) in [5, 5.41) is 4.76. The van der Waals surface area contributed by atoms with Crippen molar-refractivity contribution in [2.75, 3.05) is 6.54 Å². The Balaban J connectivity index is 1.31. The summed E-state index contributed by atoms with van der Waals surface area (Å²) in [7, 11) is 0. The van der Waals surface area contributed by atoms with Crippen molar-refractivity contribution in [2.24, 2.45) is 5.90 Å². The van der Waals surface area contributed by atoms with Gasteiger partial charge in [-0.05, 0) is 42.3 Å². The molecule has 0 radical (unpaired) electrons. The molecule has 0 aliphatic carbocycles. The standard InChI is InChI=1S/C22H21N3O3/c23-28-22(26)21-10-9-20(27-21)16-7-5-15(6-8-16)13-24-12-11-17-14-25-19-4-2-1-3-18(17)19/h1-10,14,24-25H,11-13,23H2. The van der Waals surface area contributed by atoms with Crippen molar-refractivity contribution in [2.45, 2.75) is 13.0 Å². The van der Waals surface area contributed by atoms with E-state index < -0.39 is 5.97 Å². The number of hydrogen-bond donors (Lipinski definition) is 3. The monoisotopic (exact) mass is 375 g/mol. The number of nitrogens with two attached hydrogens (primary N) is 1. The molecule has 0 saturated heterocycles. The average molecular weight is 375 g/mol. The second kappa shape index (κ2) is 8.12. The summed E-state index contributed by atoms with van der Waals surface area (Å²) in [6, 6.07) is 19.6. The quantitative estimate of drug-likeness (QED) is 0.338. The number of rotatable bonds is 7. The summed E-state index contributed by atoms with van der Waals surface area (Å²) >= 11 is 0. The SMILES string of the molecule is NOC(=O)c1ccc(-c2ccc(CNCCc3c[nH]c4ccccc34)cc2)o1. The third-order valence-electron chi connectivity index (χ3n) is 4.73. The minimum Gasteiger partial charge on any atom is -0.449 e. The molecule has 0 unspecified atom stereocenters. The molecule has 0 aliphatic rings. The van der Waals surface area contributed by atoms with Crippen LogP contribution in [0.15, 0.2) is 71.3 Å². The van der Waals surface area contributed by atoms with Crippen LogP contribution < -0.4 is 11.2 Å². The van der Waals surface area contributed by atoms with E-state index in [2.05, 4.69) is 39.5 Å². The molecule has 0 spiro atoms. The molecule has 2 aromatic heterocycles. The Bertz CT molecular complexity index is 1080. The van der Waals surface area contributed by atoms with Crippen LogP contribution in [-0.4, -0.2) is 17.5 Å². The van der Waals surface area contributed by atoms with E-state index in [4.69, 9.17) is 10.3 Å². The van der Waals surface area contributed by atoms with E-state index in [-0.39, 0.29) is 5.76 Å². The van der Waals surface area contributed by atoms with E-state index in [1.54, 1.807) is 12.1 Å². The number of para-hydroxylation sites is 1. The van der Waals surface area contributed by atoms with Crippen LogP contribution in [0.1, 0.15) is 21.7 Å². The molecule has 6 nitrogen and oxygen atoms in total. The molecule has 0 fully saturated rings. The Labute approximate surface area is 162 Å². The van der Waals surface area contributed by atoms with Gasteiger partial charge in [0.25, 0.3) is 0 Å². The number of hydrogen-bond acceptors (Lipinski definition) is 5. The maximum atomic E-state index is 11.4. The minimum absolute atomic E-state index is 0.0838. The van der Waals surface area contributed by atoms with Crippen molar-refractivity contribution in [1.82, 2.24) is 10.3 Å². The molecule has 0 bridgehead atoms. The fourth-order valence-corrected chi connectivity index (χ4v) is 3.24. The number of nitrogens with one attached hydrogen (secondary N) is 2. The number of furan rings is 1. The van der Waals surface area contributed by atoms with E-state index in [1.165, 1.54) is 22.0 Å². The number of aromatic amines is 1. The van der Waals surface area contributed by atoms with Crippen molar-refractivity contribution in [3.63, 3.8) is 0 Å². The molecule has 142 valence electrons. The number of fused-ring (bicyclic) bond motifs is 1. The number of carbonyl (C=O) groups excluding carboxylic acids is 1. The Morgan fingerprint density at radius 1 is 1.07 bits per heavy atom. The zero-order valence-electron chi connectivity index (χ0n) is 15.3. The van der Waals surface area contributed by atoms with Crippen molar-refractivity contribution in [3.05, 3.63) is 83.7 Å². The third kappa shape index (κ3) is 3.83. The molecule has 4 aromatic rings. The summed E-state index contributed by atoms with van der Waals surface area (Å²) in [6.07, 6.45) is 3.05. The highest BCUT2D eigenvalue weighted by molar-refractivity contribution is 5.86. The summed E-state index contributed by atoms with van der Waals surface area (Å²) in [4.78, 5) is 18.8. The molecule has 0 aliphatic heterocycles. The fraction of sp³-hybridized carbons (Fsp3) is 0.136. The Kier molecular flexibility index (Phi) is 5.23. The number of benzene rings is 2. The van der Waals surface area contributed by atoms with Gasteiger partial charge in [-0.15, -0.1) is 0 Å². The van der Waals surface area contributed by atoms with Gasteiger partial charge in [-0.25, -0.2) is 4.79 Å². The molecule has 4 rings (SSSR count). The minimum atomic E-state index is -0.692.